The number of carbonyl (C=O) groups excluding carboxylic acids is 1. The molecule has 0 aliphatic heterocycles. The Balaban J connectivity index is 2.52. The first kappa shape index (κ1) is 14.9. The zero-order chi connectivity index (χ0) is 13.5. The van der Waals surface area contributed by atoms with E-state index in [-0.39, 0.29) is 12.0 Å². The Labute approximate surface area is 116 Å². The molecular formula is C14H18BrNO2. The van der Waals surface area contributed by atoms with Crippen molar-refractivity contribution in [3.63, 3.8) is 0 Å². The number of esters is 1. The standard InChI is InChI=1S/C14H18BrNO2/c1-4-18-14(17)10(2)9-16-11(3)12-7-5-6-8-13(12)15/h5-8,11,16H,2,4,9H2,1,3H3/t11-/m1/s1. The quantitative estimate of drug-likeness (QED) is 0.647. The molecule has 98 valence electrons. The third kappa shape index (κ3) is 4.27. The summed E-state index contributed by atoms with van der Waals surface area (Å²) in [6.07, 6.45) is 0. The summed E-state index contributed by atoms with van der Waals surface area (Å²) in [4.78, 5) is 11.4. The zero-order valence-corrected chi connectivity index (χ0v) is 12.3. The number of ether oxygens (including phenoxy) is 1. The number of carbonyl (C=O) groups is 1. The molecule has 0 saturated carbocycles. The average Bonchev–Trinajstić information content (AvgIpc) is 2.36. The maximum Gasteiger partial charge on any atom is 0.334 e. The van der Waals surface area contributed by atoms with E-state index in [0.29, 0.717) is 18.7 Å². The van der Waals surface area contributed by atoms with Crippen molar-refractivity contribution in [2.45, 2.75) is 19.9 Å². The Hall–Kier alpha value is -1.13. The van der Waals surface area contributed by atoms with Gasteiger partial charge in [-0.3, -0.25) is 0 Å². The van der Waals surface area contributed by atoms with E-state index in [9.17, 15) is 4.79 Å². The first-order valence-electron chi connectivity index (χ1n) is 5.89. The van der Waals surface area contributed by atoms with Crippen LogP contribution in [-0.4, -0.2) is 19.1 Å². The maximum atomic E-state index is 11.4. The third-order valence-electron chi connectivity index (χ3n) is 2.56. The molecule has 0 heterocycles. The number of benzene rings is 1. The first-order valence-corrected chi connectivity index (χ1v) is 6.68. The van der Waals surface area contributed by atoms with Crippen LogP contribution in [0.3, 0.4) is 0 Å². The van der Waals surface area contributed by atoms with Crippen LogP contribution < -0.4 is 5.32 Å². The molecule has 1 aromatic carbocycles. The summed E-state index contributed by atoms with van der Waals surface area (Å²) in [5.41, 5.74) is 1.59. The molecule has 0 aromatic heterocycles. The molecule has 0 saturated heterocycles. The van der Waals surface area contributed by atoms with E-state index in [0.717, 1.165) is 10.0 Å². The Morgan fingerprint density at radius 3 is 2.78 bits per heavy atom. The lowest BCUT2D eigenvalue weighted by Crippen LogP contribution is -2.24. The number of hydrogen-bond acceptors (Lipinski definition) is 3. The van der Waals surface area contributed by atoms with E-state index in [1.165, 1.54) is 0 Å². The van der Waals surface area contributed by atoms with Gasteiger partial charge >= 0.3 is 5.97 Å². The van der Waals surface area contributed by atoms with E-state index in [2.05, 4.69) is 27.8 Å². The summed E-state index contributed by atoms with van der Waals surface area (Å²) in [5, 5.41) is 3.25. The van der Waals surface area contributed by atoms with Crippen LogP contribution in [0, 0.1) is 0 Å². The van der Waals surface area contributed by atoms with Gasteiger partial charge in [0, 0.05) is 22.6 Å². The number of rotatable bonds is 6. The number of nitrogens with one attached hydrogen (secondary N) is 1. The normalized spacial score (nSPS) is 11.9. The van der Waals surface area contributed by atoms with E-state index in [1.54, 1.807) is 6.92 Å². The molecule has 0 unspecified atom stereocenters. The van der Waals surface area contributed by atoms with E-state index >= 15 is 0 Å². The van der Waals surface area contributed by atoms with Crippen molar-refractivity contribution in [1.82, 2.24) is 5.32 Å². The monoisotopic (exact) mass is 311 g/mol. The van der Waals surface area contributed by atoms with E-state index < -0.39 is 0 Å². The third-order valence-corrected chi connectivity index (χ3v) is 3.28. The van der Waals surface area contributed by atoms with Gasteiger partial charge in [-0.1, -0.05) is 40.7 Å². The van der Waals surface area contributed by atoms with Gasteiger partial charge in [-0.2, -0.15) is 0 Å². The van der Waals surface area contributed by atoms with Crippen LogP contribution in [0.5, 0.6) is 0 Å². The summed E-state index contributed by atoms with van der Waals surface area (Å²) >= 11 is 3.50. The molecule has 1 N–H and O–H groups in total. The van der Waals surface area contributed by atoms with Crippen LogP contribution >= 0.6 is 15.9 Å². The van der Waals surface area contributed by atoms with Crippen LogP contribution in [0.1, 0.15) is 25.5 Å². The van der Waals surface area contributed by atoms with Crippen LogP contribution in [0.2, 0.25) is 0 Å². The van der Waals surface area contributed by atoms with Crippen LogP contribution in [0.25, 0.3) is 0 Å². The molecule has 18 heavy (non-hydrogen) atoms. The molecule has 1 aromatic rings. The minimum atomic E-state index is -0.343. The highest BCUT2D eigenvalue weighted by atomic mass is 79.9. The highest BCUT2D eigenvalue weighted by molar-refractivity contribution is 9.10. The lowest BCUT2D eigenvalue weighted by Gasteiger charge is -2.16. The number of halogens is 1. The van der Waals surface area contributed by atoms with Gasteiger partial charge in [0.2, 0.25) is 0 Å². The number of hydrogen-bond donors (Lipinski definition) is 1. The SMILES string of the molecule is C=C(CN[C@H](C)c1ccccc1Br)C(=O)OCC. The predicted molar refractivity (Wildman–Crippen MR) is 76.3 cm³/mol. The smallest absolute Gasteiger partial charge is 0.334 e. The second-order valence-electron chi connectivity index (χ2n) is 3.95. The summed E-state index contributed by atoms with van der Waals surface area (Å²) < 4.78 is 5.93. The zero-order valence-electron chi connectivity index (χ0n) is 10.7. The molecule has 1 atom stereocenters. The van der Waals surface area contributed by atoms with Gasteiger partial charge in [-0.25, -0.2) is 4.79 Å². The van der Waals surface area contributed by atoms with E-state index in [1.807, 2.05) is 31.2 Å². The molecule has 0 fully saturated rings. The second-order valence-corrected chi connectivity index (χ2v) is 4.80. The highest BCUT2D eigenvalue weighted by Crippen LogP contribution is 2.22. The van der Waals surface area contributed by atoms with Crippen molar-refractivity contribution in [3.8, 4) is 0 Å². The van der Waals surface area contributed by atoms with Gasteiger partial charge in [-0.15, -0.1) is 0 Å². The molecule has 4 heteroatoms. The lowest BCUT2D eigenvalue weighted by molar-refractivity contribution is -0.138. The molecule has 0 bridgehead atoms. The highest BCUT2D eigenvalue weighted by Gasteiger charge is 2.11. The van der Waals surface area contributed by atoms with Crippen LogP contribution in [0.15, 0.2) is 40.9 Å². The maximum absolute atomic E-state index is 11.4. The van der Waals surface area contributed by atoms with Crippen molar-refractivity contribution in [1.29, 1.82) is 0 Å². The minimum absolute atomic E-state index is 0.131. The largest absolute Gasteiger partial charge is 0.463 e. The summed E-state index contributed by atoms with van der Waals surface area (Å²) in [6, 6.07) is 8.12. The van der Waals surface area contributed by atoms with Crippen LogP contribution in [-0.2, 0) is 9.53 Å². The molecular weight excluding hydrogens is 294 g/mol. The van der Waals surface area contributed by atoms with Crippen molar-refractivity contribution in [2.24, 2.45) is 0 Å². The average molecular weight is 312 g/mol. The van der Waals surface area contributed by atoms with Gasteiger partial charge in [-0.05, 0) is 25.5 Å². The topological polar surface area (TPSA) is 38.3 Å². The van der Waals surface area contributed by atoms with Crippen molar-refractivity contribution < 1.29 is 9.53 Å². The first-order chi connectivity index (χ1) is 8.56. The molecule has 0 spiro atoms. The van der Waals surface area contributed by atoms with Crippen LogP contribution in [0.4, 0.5) is 0 Å². The molecule has 0 aliphatic carbocycles. The second kappa shape index (κ2) is 7.34. The Bertz CT molecular complexity index is 432. The van der Waals surface area contributed by atoms with Crippen molar-refractivity contribution >= 4 is 21.9 Å². The predicted octanol–water partition coefficient (Wildman–Crippen LogP) is 3.22. The fourth-order valence-corrected chi connectivity index (χ4v) is 2.15. The summed E-state index contributed by atoms with van der Waals surface area (Å²) in [7, 11) is 0. The van der Waals surface area contributed by atoms with Gasteiger partial charge in [0.25, 0.3) is 0 Å². The van der Waals surface area contributed by atoms with E-state index in [4.69, 9.17) is 4.74 Å². The molecule has 0 aliphatic rings. The summed E-state index contributed by atoms with van der Waals surface area (Å²) in [5.74, 6) is -0.343. The molecule has 1 rings (SSSR count). The van der Waals surface area contributed by atoms with Gasteiger partial charge in [0.1, 0.15) is 0 Å². The Kier molecular flexibility index (Phi) is 6.09. The van der Waals surface area contributed by atoms with Crippen molar-refractivity contribution in [2.75, 3.05) is 13.2 Å². The lowest BCUT2D eigenvalue weighted by atomic mass is 10.1. The molecule has 0 radical (unpaired) electrons. The Morgan fingerprint density at radius 2 is 2.17 bits per heavy atom. The van der Waals surface area contributed by atoms with Gasteiger partial charge in [0.05, 0.1) is 6.61 Å². The van der Waals surface area contributed by atoms with Gasteiger partial charge < -0.3 is 10.1 Å². The minimum Gasteiger partial charge on any atom is -0.463 e. The molecule has 3 nitrogen and oxygen atoms in total. The fourth-order valence-electron chi connectivity index (χ4n) is 1.52. The summed E-state index contributed by atoms with van der Waals surface area (Å²) in [6.45, 7) is 8.32. The van der Waals surface area contributed by atoms with Gasteiger partial charge in [0.15, 0.2) is 0 Å². The molecule has 0 amide bonds. The fraction of sp³-hybridized carbons (Fsp3) is 0.357. The Morgan fingerprint density at radius 1 is 1.50 bits per heavy atom. The van der Waals surface area contributed by atoms with Crippen molar-refractivity contribution in [3.05, 3.63) is 46.5 Å².